The van der Waals surface area contributed by atoms with Crippen molar-refractivity contribution in [3.05, 3.63) is 288 Å². The van der Waals surface area contributed by atoms with E-state index in [2.05, 4.69) is 156 Å². The van der Waals surface area contributed by atoms with Crippen LogP contribution < -0.4 is 47.7 Å². The first-order chi connectivity index (χ1) is 39.2. The summed E-state index contributed by atoms with van der Waals surface area (Å²) in [5.41, 5.74) is 13.0. The molecule has 0 aliphatic rings. The number of para-hydroxylation sites is 2. The van der Waals surface area contributed by atoms with E-state index in [0.717, 1.165) is 124 Å². The van der Waals surface area contributed by atoms with Crippen molar-refractivity contribution in [3.63, 3.8) is 0 Å². The maximum Gasteiger partial charge on any atom is 0.119 e. The van der Waals surface area contributed by atoms with Crippen molar-refractivity contribution in [2.45, 2.75) is 0 Å². The molecule has 80 heavy (non-hydrogen) atoms. The first kappa shape index (κ1) is 54.7. The minimum atomic E-state index is 0.720. The third-order valence-electron chi connectivity index (χ3n) is 13.7. The van der Waals surface area contributed by atoms with Crippen LogP contribution in [0.1, 0.15) is 44.5 Å². The van der Waals surface area contributed by atoms with Crippen LogP contribution >= 0.6 is 0 Å². The Morgan fingerprint density at radius 3 is 0.650 bits per heavy atom. The minimum absolute atomic E-state index is 0.720. The topological polar surface area (TPSA) is 80.3 Å². The summed E-state index contributed by atoms with van der Waals surface area (Å²) in [5, 5.41) is 0. The lowest BCUT2D eigenvalue weighted by Crippen LogP contribution is -2.17. The van der Waals surface area contributed by atoms with Crippen LogP contribution in [0.3, 0.4) is 0 Å². The van der Waals surface area contributed by atoms with Crippen LogP contribution in [-0.4, -0.2) is 56.9 Å². The first-order valence-electron chi connectivity index (χ1n) is 25.9. The molecule has 9 aromatic carbocycles. The second kappa shape index (κ2) is 26.3. The molecule has 0 aliphatic heterocycles. The van der Waals surface area contributed by atoms with Crippen LogP contribution in [0.2, 0.25) is 0 Å². The van der Waals surface area contributed by atoms with Gasteiger partial charge in [-0.1, -0.05) is 109 Å². The Bertz CT molecular complexity index is 3330. The Morgan fingerprint density at radius 2 is 0.438 bits per heavy atom. The molecule has 0 bridgehead atoms. The summed E-state index contributed by atoms with van der Waals surface area (Å²) in [6.07, 6.45) is 8.78. The maximum absolute atomic E-state index is 5.87. The van der Waals surface area contributed by atoms with Crippen LogP contribution in [0, 0.1) is 0 Å². The lowest BCUT2D eigenvalue weighted by Gasteiger charge is -2.29. The van der Waals surface area contributed by atoms with Crippen LogP contribution in [0.15, 0.2) is 243 Å². The van der Waals surface area contributed by atoms with Gasteiger partial charge in [-0.2, -0.15) is 0 Å². The highest BCUT2D eigenvalue weighted by Gasteiger charge is 2.21. The Kier molecular flexibility index (Phi) is 18.0. The lowest BCUT2D eigenvalue weighted by atomic mass is 9.96. The molecule has 0 heterocycles. The van der Waals surface area contributed by atoms with E-state index in [-0.39, 0.29) is 0 Å². The van der Waals surface area contributed by atoms with Gasteiger partial charge in [-0.05, 0) is 154 Å². The standard InChI is InChI=1S/C70H64N2O8/c1-73-57-30-16-49(17-31-57)65(50-18-32-58(74-2)33-19-50)45-71(46-66(51-20-34-59(75-3)35-21-51)52-22-36-60(76-4)37-23-52)69-14-9-10-15-70(69)72(47-67(53-24-38-61(77-5)39-25-53)54-26-40-62(78-6)41-27-54)48-68(55-28-42-63(79-7)43-29-55)56-12-11-13-64(44-56)80-8/h9-48H,1-8H3. The van der Waals surface area contributed by atoms with E-state index < -0.39 is 0 Å². The van der Waals surface area contributed by atoms with Crippen LogP contribution in [0.25, 0.3) is 22.3 Å². The third-order valence-corrected chi connectivity index (χ3v) is 13.7. The average Bonchev–Trinajstić information content (AvgIpc) is 3.58. The smallest absolute Gasteiger partial charge is 0.119 e. The summed E-state index contributed by atoms with van der Waals surface area (Å²) in [6, 6.07) is 73.5. The highest BCUT2D eigenvalue weighted by atomic mass is 16.5. The van der Waals surface area contributed by atoms with E-state index in [1.165, 1.54) is 0 Å². The number of hydrogen-bond donors (Lipinski definition) is 0. The highest BCUT2D eigenvalue weighted by Crippen LogP contribution is 2.40. The molecular formula is C70H64N2O8. The molecule has 9 rings (SSSR count). The summed E-state index contributed by atoms with van der Waals surface area (Å²) in [4.78, 5) is 4.43. The molecule has 0 aliphatic carbocycles. The number of anilines is 2. The Morgan fingerprint density at radius 1 is 0.225 bits per heavy atom. The summed E-state index contributed by atoms with van der Waals surface area (Å²) in [5.74, 6) is 5.92. The summed E-state index contributed by atoms with van der Waals surface area (Å²) in [6.45, 7) is 0. The normalized spacial score (nSPS) is 10.8. The molecule has 0 saturated heterocycles. The van der Waals surface area contributed by atoms with Gasteiger partial charge in [-0.15, -0.1) is 0 Å². The fourth-order valence-electron chi connectivity index (χ4n) is 9.26. The minimum Gasteiger partial charge on any atom is -0.497 e. The molecule has 0 radical (unpaired) electrons. The van der Waals surface area contributed by atoms with E-state index in [4.69, 9.17) is 37.9 Å². The van der Waals surface area contributed by atoms with Gasteiger partial charge >= 0.3 is 0 Å². The summed E-state index contributed by atoms with van der Waals surface area (Å²) < 4.78 is 45.7. The van der Waals surface area contributed by atoms with Crippen molar-refractivity contribution in [3.8, 4) is 46.0 Å². The van der Waals surface area contributed by atoms with Gasteiger partial charge in [0.25, 0.3) is 0 Å². The average molecular weight is 1060 g/mol. The maximum atomic E-state index is 5.87. The van der Waals surface area contributed by atoms with E-state index in [0.29, 0.717) is 0 Å². The number of nitrogens with zero attached hydrogens (tertiary/aromatic N) is 2. The van der Waals surface area contributed by atoms with Gasteiger partial charge in [0.2, 0.25) is 0 Å². The Hall–Kier alpha value is -10.1. The van der Waals surface area contributed by atoms with Gasteiger partial charge < -0.3 is 47.7 Å². The Balaban J connectivity index is 1.41. The molecule has 0 unspecified atom stereocenters. The molecule has 0 aromatic heterocycles. The molecule has 0 atom stereocenters. The summed E-state index contributed by atoms with van der Waals surface area (Å²) >= 11 is 0. The van der Waals surface area contributed by atoms with Crippen molar-refractivity contribution in [2.75, 3.05) is 66.7 Å². The third kappa shape index (κ3) is 13.0. The molecule has 9 aromatic rings. The van der Waals surface area contributed by atoms with E-state index in [1.807, 2.05) is 97.1 Å². The predicted molar refractivity (Wildman–Crippen MR) is 324 cm³/mol. The molecule has 0 fully saturated rings. The van der Waals surface area contributed by atoms with Gasteiger partial charge in [-0.3, -0.25) is 0 Å². The van der Waals surface area contributed by atoms with Gasteiger partial charge in [0.1, 0.15) is 46.0 Å². The number of methoxy groups -OCH3 is 8. The highest BCUT2D eigenvalue weighted by molar-refractivity contribution is 5.92. The van der Waals surface area contributed by atoms with Crippen molar-refractivity contribution in [1.29, 1.82) is 0 Å². The van der Waals surface area contributed by atoms with Gasteiger partial charge in [0.15, 0.2) is 0 Å². The fourth-order valence-corrected chi connectivity index (χ4v) is 9.26. The zero-order valence-electron chi connectivity index (χ0n) is 46.3. The predicted octanol–water partition coefficient (Wildman–Crippen LogP) is 15.7. The SMILES string of the molecule is COc1ccc(C(=CN(C=C(c2ccc(OC)cc2)c2ccc(OC)cc2)c2ccccc2N(C=C(c2ccc(OC)cc2)c2ccc(OC)cc2)C=C(c2ccc(OC)cc2)c2cccc(OC)c2)c2ccc(OC)cc2)cc1. The number of benzene rings is 9. The van der Waals surface area contributed by atoms with Gasteiger partial charge in [-0.25, -0.2) is 0 Å². The van der Waals surface area contributed by atoms with Crippen molar-refractivity contribution in [1.82, 2.24) is 0 Å². The number of rotatable bonds is 22. The number of ether oxygens (including phenoxy) is 8. The molecular weight excluding hydrogens is 997 g/mol. The second-order valence-corrected chi connectivity index (χ2v) is 18.3. The molecule has 0 spiro atoms. The van der Waals surface area contributed by atoms with Gasteiger partial charge in [0.05, 0.1) is 68.3 Å². The van der Waals surface area contributed by atoms with Crippen LogP contribution in [0.4, 0.5) is 11.4 Å². The zero-order valence-corrected chi connectivity index (χ0v) is 46.3. The summed E-state index contributed by atoms with van der Waals surface area (Å²) in [7, 11) is 13.4. The molecule has 10 heteroatoms. The molecule has 0 saturated carbocycles. The Labute approximate surface area is 469 Å². The first-order valence-corrected chi connectivity index (χ1v) is 25.9. The van der Waals surface area contributed by atoms with E-state index in [1.54, 1.807) is 56.9 Å². The molecule has 0 amide bonds. The number of hydrogen-bond acceptors (Lipinski definition) is 10. The fraction of sp³-hybridized carbons (Fsp3) is 0.114. The molecule has 10 nitrogen and oxygen atoms in total. The van der Waals surface area contributed by atoms with Crippen molar-refractivity contribution in [2.24, 2.45) is 0 Å². The van der Waals surface area contributed by atoms with Crippen LogP contribution in [0.5, 0.6) is 46.0 Å². The van der Waals surface area contributed by atoms with Crippen molar-refractivity contribution >= 4 is 33.7 Å². The van der Waals surface area contributed by atoms with Crippen molar-refractivity contribution < 1.29 is 37.9 Å². The second-order valence-electron chi connectivity index (χ2n) is 18.3. The van der Waals surface area contributed by atoms with Gasteiger partial charge in [0, 0.05) is 47.1 Å². The van der Waals surface area contributed by atoms with E-state index >= 15 is 0 Å². The largest absolute Gasteiger partial charge is 0.497 e. The quantitative estimate of drug-likeness (QED) is 0.0655. The van der Waals surface area contributed by atoms with Crippen LogP contribution in [-0.2, 0) is 0 Å². The molecule has 402 valence electrons. The lowest BCUT2D eigenvalue weighted by molar-refractivity contribution is 0.414. The molecule has 0 N–H and O–H groups in total. The zero-order chi connectivity index (χ0) is 55.8. The van der Waals surface area contributed by atoms with E-state index in [9.17, 15) is 0 Å². The monoisotopic (exact) mass is 1060 g/mol.